The molecule has 150 valence electrons. The van der Waals surface area contributed by atoms with E-state index in [-0.39, 0.29) is 24.4 Å². The molecule has 0 atom stereocenters. The molecule has 0 saturated carbocycles. The number of fused-ring (bicyclic) bond motifs is 1. The number of thiazole rings is 1. The van der Waals surface area contributed by atoms with E-state index in [1.54, 1.807) is 23.6 Å². The van der Waals surface area contributed by atoms with E-state index < -0.39 is 16.8 Å². The molecule has 0 fully saturated rings. The highest BCUT2D eigenvalue weighted by atomic mass is 32.1. The Kier molecular flexibility index (Phi) is 6.03. The second-order valence-corrected chi connectivity index (χ2v) is 6.81. The van der Waals surface area contributed by atoms with Gasteiger partial charge in [-0.25, -0.2) is 0 Å². The lowest BCUT2D eigenvalue weighted by Crippen LogP contribution is -2.23. The number of nitrogens with zero attached hydrogens (tertiary/aromatic N) is 3. The molecular weight excluding hydrogens is 398 g/mol. The number of methoxy groups -OCH3 is 1. The molecule has 0 aliphatic heterocycles. The number of benzene rings is 2. The normalized spacial score (nSPS) is 11.4. The minimum Gasteiger partial charge on any atom is -0.495 e. The molecule has 0 bridgehead atoms. The van der Waals surface area contributed by atoms with Crippen LogP contribution < -0.4 is 9.54 Å². The lowest BCUT2D eigenvalue weighted by atomic mass is 10.2. The quantitative estimate of drug-likeness (QED) is 0.347. The summed E-state index contributed by atoms with van der Waals surface area (Å²) in [5.41, 5.74) is 0.705. The third kappa shape index (κ3) is 4.32. The Morgan fingerprint density at radius 3 is 2.55 bits per heavy atom. The van der Waals surface area contributed by atoms with Crippen molar-refractivity contribution >= 4 is 39.1 Å². The first-order valence-corrected chi connectivity index (χ1v) is 9.41. The molecule has 9 nitrogen and oxygen atoms in total. The van der Waals surface area contributed by atoms with Gasteiger partial charge in [0.05, 0.1) is 23.3 Å². The van der Waals surface area contributed by atoms with Gasteiger partial charge in [0.1, 0.15) is 17.8 Å². The van der Waals surface area contributed by atoms with Gasteiger partial charge in [-0.1, -0.05) is 17.4 Å². The van der Waals surface area contributed by atoms with Gasteiger partial charge < -0.3 is 14.0 Å². The zero-order valence-corrected chi connectivity index (χ0v) is 16.5. The lowest BCUT2D eigenvalue weighted by molar-refractivity contribution is -0.384. The summed E-state index contributed by atoms with van der Waals surface area (Å²) in [6.07, 6.45) is 0. The molecule has 0 saturated heterocycles. The Balaban J connectivity index is 2.10. The topological polar surface area (TPSA) is 113 Å². The molecule has 3 rings (SSSR count). The molecule has 0 aliphatic rings. The number of aromatic nitrogens is 1. The Bertz CT molecular complexity index is 1150. The van der Waals surface area contributed by atoms with Crippen LogP contribution in [0.25, 0.3) is 10.2 Å². The monoisotopic (exact) mass is 415 g/mol. The van der Waals surface area contributed by atoms with E-state index >= 15 is 0 Å². The van der Waals surface area contributed by atoms with Crippen LogP contribution in [0.3, 0.4) is 0 Å². The Hall–Kier alpha value is -3.53. The molecule has 2 aromatic carbocycles. The van der Waals surface area contributed by atoms with E-state index in [1.165, 1.54) is 42.7 Å². The van der Waals surface area contributed by atoms with E-state index in [9.17, 15) is 19.7 Å². The number of para-hydroxylation sites is 1. The largest absolute Gasteiger partial charge is 0.495 e. The van der Waals surface area contributed by atoms with Crippen LogP contribution in [-0.2, 0) is 16.1 Å². The third-order valence-electron chi connectivity index (χ3n) is 4.00. The van der Waals surface area contributed by atoms with Crippen LogP contribution in [0.5, 0.6) is 5.75 Å². The minimum atomic E-state index is -0.581. The van der Waals surface area contributed by atoms with Crippen molar-refractivity contribution in [2.45, 2.75) is 13.5 Å². The summed E-state index contributed by atoms with van der Waals surface area (Å²) in [7, 11) is 1.51. The number of nitro groups is 1. The summed E-state index contributed by atoms with van der Waals surface area (Å²) in [4.78, 5) is 39.4. The number of hydrogen-bond acceptors (Lipinski definition) is 7. The zero-order chi connectivity index (χ0) is 21.0. The van der Waals surface area contributed by atoms with Crippen molar-refractivity contribution in [3.8, 4) is 5.75 Å². The Labute approximate surface area is 169 Å². The van der Waals surface area contributed by atoms with Crippen LogP contribution in [0.15, 0.2) is 47.5 Å². The summed E-state index contributed by atoms with van der Waals surface area (Å²) in [5, 5.41) is 10.8. The number of non-ortho nitro benzene ring substituents is 1. The third-order valence-corrected chi connectivity index (χ3v) is 5.04. The summed E-state index contributed by atoms with van der Waals surface area (Å²) >= 11 is 1.22. The minimum absolute atomic E-state index is 0.120. The Morgan fingerprint density at radius 2 is 1.93 bits per heavy atom. The fourth-order valence-electron chi connectivity index (χ4n) is 2.71. The summed E-state index contributed by atoms with van der Waals surface area (Å²) < 4.78 is 12.8. The van der Waals surface area contributed by atoms with Gasteiger partial charge in [0.2, 0.25) is 0 Å². The number of carbonyl (C=O) groups is 2. The number of carbonyl (C=O) groups excluding carboxylic acids is 2. The molecule has 29 heavy (non-hydrogen) atoms. The highest BCUT2D eigenvalue weighted by Gasteiger charge is 2.16. The van der Waals surface area contributed by atoms with Gasteiger partial charge in [-0.15, -0.1) is 0 Å². The van der Waals surface area contributed by atoms with E-state index in [4.69, 9.17) is 9.47 Å². The second kappa shape index (κ2) is 8.65. The molecule has 10 heteroatoms. The maximum Gasteiger partial charge on any atom is 0.326 e. The second-order valence-electron chi connectivity index (χ2n) is 5.80. The fourth-order valence-corrected chi connectivity index (χ4v) is 3.75. The van der Waals surface area contributed by atoms with E-state index in [0.29, 0.717) is 16.1 Å². The van der Waals surface area contributed by atoms with Gasteiger partial charge in [0, 0.05) is 17.7 Å². The molecule has 0 aliphatic carbocycles. The summed E-state index contributed by atoms with van der Waals surface area (Å²) in [5.74, 6) is -0.516. The van der Waals surface area contributed by atoms with E-state index in [1.807, 2.05) is 6.07 Å². The molecule has 3 aromatic rings. The van der Waals surface area contributed by atoms with Gasteiger partial charge >= 0.3 is 5.97 Å². The predicted octanol–water partition coefficient (Wildman–Crippen LogP) is 2.92. The lowest BCUT2D eigenvalue weighted by Gasteiger charge is -2.08. The van der Waals surface area contributed by atoms with Crippen LogP contribution in [0.1, 0.15) is 17.3 Å². The van der Waals surface area contributed by atoms with Gasteiger partial charge in [-0.3, -0.25) is 19.7 Å². The van der Waals surface area contributed by atoms with Crippen molar-refractivity contribution in [2.24, 2.45) is 4.99 Å². The molecule has 0 N–H and O–H groups in total. The van der Waals surface area contributed by atoms with Crippen molar-refractivity contribution in [2.75, 3.05) is 13.7 Å². The number of ether oxygens (including phenoxy) is 2. The van der Waals surface area contributed by atoms with Crippen molar-refractivity contribution in [3.63, 3.8) is 0 Å². The number of nitro benzene ring substituents is 1. The average Bonchev–Trinajstić information content (AvgIpc) is 3.05. The van der Waals surface area contributed by atoms with E-state index in [2.05, 4.69) is 4.99 Å². The maximum atomic E-state index is 12.6. The first kappa shape index (κ1) is 20.2. The highest BCUT2D eigenvalue weighted by molar-refractivity contribution is 7.16. The number of rotatable bonds is 6. The molecule has 0 unspecified atom stereocenters. The van der Waals surface area contributed by atoms with Crippen molar-refractivity contribution < 1.29 is 24.0 Å². The van der Waals surface area contributed by atoms with Crippen LogP contribution in [0, 0.1) is 10.1 Å². The smallest absolute Gasteiger partial charge is 0.326 e. The predicted molar refractivity (Wildman–Crippen MR) is 106 cm³/mol. The van der Waals surface area contributed by atoms with Gasteiger partial charge in [-0.05, 0) is 31.2 Å². The first-order chi connectivity index (χ1) is 13.9. The summed E-state index contributed by atoms with van der Waals surface area (Å²) in [6.45, 7) is 1.80. The molecule has 1 aromatic heterocycles. The number of hydrogen-bond donors (Lipinski definition) is 0. The SMILES string of the molecule is CCOC(=O)Cn1c(=NC(=O)c2ccc([N+](=O)[O-])cc2)sc2cccc(OC)c21. The summed E-state index contributed by atoms with van der Waals surface area (Å²) in [6, 6.07) is 10.5. The molecule has 0 spiro atoms. The van der Waals surface area contributed by atoms with Crippen LogP contribution in [0.2, 0.25) is 0 Å². The first-order valence-electron chi connectivity index (χ1n) is 8.60. The van der Waals surface area contributed by atoms with Crippen LogP contribution >= 0.6 is 11.3 Å². The number of amides is 1. The molecule has 0 radical (unpaired) electrons. The Morgan fingerprint density at radius 1 is 1.21 bits per heavy atom. The average molecular weight is 415 g/mol. The number of esters is 1. The standard InChI is InChI=1S/C19H17N3O6S/c1-3-28-16(23)11-21-17-14(27-2)5-4-6-15(17)29-19(21)20-18(24)12-7-9-13(10-8-12)22(25)26/h4-10H,3,11H2,1-2H3. The van der Waals surface area contributed by atoms with Crippen LogP contribution in [0.4, 0.5) is 5.69 Å². The molecule has 1 amide bonds. The zero-order valence-electron chi connectivity index (χ0n) is 15.7. The molecule has 1 heterocycles. The van der Waals surface area contributed by atoms with Gasteiger partial charge in [0.15, 0.2) is 4.80 Å². The van der Waals surface area contributed by atoms with Crippen LogP contribution in [-0.4, -0.2) is 35.1 Å². The highest BCUT2D eigenvalue weighted by Crippen LogP contribution is 2.27. The van der Waals surface area contributed by atoms with E-state index in [0.717, 1.165) is 4.70 Å². The fraction of sp³-hybridized carbons (Fsp3) is 0.211. The van der Waals surface area contributed by atoms with Crippen molar-refractivity contribution in [1.82, 2.24) is 4.57 Å². The van der Waals surface area contributed by atoms with Gasteiger partial charge in [-0.2, -0.15) is 4.99 Å². The maximum absolute atomic E-state index is 12.6. The van der Waals surface area contributed by atoms with Gasteiger partial charge in [0.25, 0.3) is 11.6 Å². The van der Waals surface area contributed by atoms with Crippen molar-refractivity contribution in [3.05, 3.63) is 62.9 Å². The molecular formula is C19H17N3O6S. The van der Waals surface area contributed by atoms with Crippen molar-refractivity contribution in [1.29, 1.82) is 0 Å².